The number of hydrogen-bond acceptors (Lipinski definition) is 5. The van der Waals surface area contributed by atoms with Crippen LogP contribution < -0.4 is 9.47 Å². The van der Waals surface area contributed by atoms with Crippen molar-refractivity contribution >= 4 is 172 Å². The molecule has 2 aromatic rings. The molecule has 2 aromatic carbocycles. The number of ether oxygens (including phenoxy) is 2. The van der Waals surface area contributed by atoms with E-state index in [2.05, 4.69) is 0 Å². The van der Waals surface area contributed by atoms with E-state index in [9.17, 15) is 17.4 Å². The summed E-state index contributed by atoms with van der Waals surface area (Å²) >= 11 is 0. The van der Waals surface area contributed by atoms with E-state index in [1.807, 2.05) is 0 Å². The van der Waals surface area contributed by atoms with Gasteiger partial charge in [-0.25, -0.2) is 4.39 Å². The summed E-state index contributed by atoms with van der Waals surface area (Å²) in [6.45, 7) is 0. The van der Waals surface area contributed by atoms with Crippen LogP contribution in [0.5, 0.6) is 17.2 Å². The van der Waals surface area contributed by atoms with Crippen molar-refractivity contribution < 1.29 is 41.2 Å². The molecule has 0 aliphatic carbocycles. The Kier molecular flexibility index (Phi) is 19.4. The van der Waals surface area contributed by atoms with Gasteiger partial charge in [0.15, 0.2) is 4.99 Å². The fourth-order valence-corrected chi connectivity index (χ4v) is 4.98. The van der Waals surface area contributed by atoms with Crippen molar-refractivity contribution in [2.24, 2.45) is 0 Å². The molecule has 1 atom stereocenters. The second kappa shape index (κ2) is 16.6. The van der Waals surface area contributed by atoms with Gasteiger partial charge in [0, 0.05) is 0 Å². The summed E-state index contributed by atoms with van der Waals surface area (Å²) in [5.74, 6) is 0.904. The first-order chi connectivity index (χ1) is 13.0. The van der Waals surface area contributed by atoms with Gasteiger partial charge in [-0.2, -0.15) is 8.42 Å². The summed E-state index contributed by atoms with van der Waals surface area (Å²) in [7, 11) is -8.48. The SMILES string of the molecule is COc1ccc(Oc2ccc(F)cc2)cc1CCCC(P(=O)(O)O)S(=O)(=O)O.[KH].[KH].[KH]. The molecule has 14 heteroatoms. The van der Waals surface area contributed by atoms with Gasteiger partial charge in [0.1, 0.15) is 23.1 Å². The standard InChI is InChI=1S/C17H20FO8PS.3K.3H/c1-25-16-10-9-15(26-14-7-5-13(18)6-8-14)11-12(16)3-2-4-17(27(19,20)21)28(22,23)24;;;;;;/h5-11,17H,2-4H2,1H3,(H2,19,20,21)(H,22,23,24);;;;;;. The average molecular weight is 555 g/mol. The van der Waals surface area contributed by atoms with E-state index in [0.717, 1.165) is 0 Å². The van der Waals surface area contributed by atoms with Crippen LogP contribution in [0.25, 0.3) is 0 Å². The van der Waals surface area contributed by atoms with E-state index in [-0.39, 0.29) is 167 Å². The van der Waals surface area contributed by atoms with Crippen LogP contribution in [0.1, 0.15) is 18.4 Å². The minimum absolute atomic E-state index is 0. The first-order valence-electron chi connectivity index (χ1n) is 8.12. The van der Waals surface area contributed by atoms with E-state index in [4.69, 9.17) is 23.8 Å². The van der Waals surface area contributed by atoms with Crippen molar-refractivity contribution in [1.29, 1.82) is 0 Å². The fraction of sp³-hybridized carbons (Fsp3) is 0.294. The number of methoxy groups -OCH3 is 1. The monoisotopic (exact) mass is 554 g/mol. The molecule has 1 unspecified atom stereocenters. The van der Waals surface area contributed by atoms with Crippen molar-refractivity contribution in [3.8, 4) is 17.2 Å². The van der Waals surface area contributed by atoms with Crippen molar-refractivity contribution in [2.75, 3.05) is 7.11 Å². The van der Waals surface area contributed by atoms with Crippen LogP contribution in [0, 0.1) is 5.82 Å². The van der Waals surface area contributed by atoms with E-state index in [1.54, 1.807) is 18.2 Å². The van der Waals surface area contributed by atoms with E-state index in [1.165, 1.54) is 31.4 Å². The van der Waals surface area contributed by atoms with Gasteiger partial charge in [-0.15, -0.1) is 0 Å². The fourth-order valence-electron chi connectivity index (χ4n) is 2.61. The van der Waals surface area contributed by atoms with Crippen LogP contribution in [0.3, 0.4) is 0 Å². The molecule has 0 amide bonds. The molecular formula is C17H23FK3O8PS. The van der Waals surface area contributed by atoms with Crippen LogP contribution in [0.2, 0.25) is 0 Å². The molecule has 0 aromatic heterocycles. The van der Waals surface area contributed by atoms with Gasteiger partial charge >= 0.3 is 162 Å². The first-order valence-corrected chi connectivity index (χ1v) is 11.3. The molecule has 160 valence electrons. The van der Waals surface area contributed by atoms with Gasteiger partial charge in [-0.3, -0.25) is 9.12 Å². The second-order valence-corrected chi connectivity index (χ2v) is 9.73. The molecule has 0 saturated heterocycles. The van der Waals surface area contributed by atoms with Crippen molar-refractivity contribution in [3.63, 3.8) is 0 Å². The summed E-state index contributed by atoms with van der Waals surface area (Å²) in [6, 6.07) is 10.3. The quantitative estimate of drug-likeness (QED) is 0.241. The summed E-state index contributed by atoms with van der Waals surface area (Å²) in [5.41, 5.74) is 0.613. The number of halogens is 1. The molecule has 0 bridgehead atoms. The summed E-state index contributed by atoms with van der Waals surface area (Å²) in [5, 5.41) is 0. The van der Waals surface area contributed by atoms with E-state index >= 15 is 0 Å². The third-order valence-electron chi connectivity index (χ3n) is 3.92. The van der Waals surface area contributed by atoms with Gasteiger partial charge in [0.25, 0.3) is 10.1 Å². The average Bonchev–Trinajstić information content (AvgIpc) is 2.59. The van der Waals surface area contributed by atoms with Gasteiger partial charge < -0.3 is 19.3 Å². The molecule has 0 radical (unpaired) electrons. The normalized spacial score (nSPS) is 11.9. The minimum atomic E-state index is -5.02. The van der Waals surface area contributed by atoms with Crippen LogP contribution in [-0.2, 0) is 21.1 Å². The Balaban J connectivity index is 0. The van der Waals surface area contributed by atoms with E-state index < -0.39 is 34.9 Å². The first kappa shape index (κ1) is 36.1. The molecule has 0 saturated carbocycles. The summed E-state index contributed by atoms with van der Waals surface area (Å²) < 4.78 is 66.6. The van der Waals surface area contributed by atoms with Crippen LogP contribution >= 0.6 is 7.60 Å². The van der Waals surface area contributed by atoms with Gasteiger partial charge in [-0.05, 0) is 67.3 Å². The Morgan fingerprint density at radius 3 is 2.06 bits per heavy atom. The summed E-state index contributed by atoms with van der Waals surface area (Å²) in [6.07, 6.45) is -0.156. The molecule has 0 aliphatic heterocycles. The third-order valence-corrected chi connectivity index (χ3v) is 7.47. The molecule has 0 fully saturated rings. The maximum atomic E-state index is 13.0. The molecule has 2 rings (SSSR count). The number of rotatable bonds is 9. The number of benzene rings is 2. The Labute approximate surface area is 308 Å². The zero-order valence-electron chi connectivity index (χ0n) is 14.9. The van der Waals surface area contributed by atoms with Crippen LogP contribution in [0.4, 0.5) is 4.39 Å². The summed E-state index contributed by atoms with van der Waals surface area (Å²) in [4.78, 5) is 16.1. The van der Waals surface area contributed by atoms with Crippen molar-refractivity contribution in [1.82, 2.24) is 0 Å². The van der Waals surface area contributed by atoms with Gasteiger partial charge in [-0.1, -0.05) is 0 Å². The molecular weight excluding hydrogens is 532 g/mol. The molecule has 3 N–H and O–H groups in total. The third kappa shape index (κ3) is 12.6. The van der Waals surface area contributed by atoms with E-state index in [0.29, 0.717) is 22.8 Å². The predicted molar refractivity (Wildman–Crippen MR) is 121 cm³/mol. The predicted octanol–water partition coefficient (Wildman–Crippen LogP) is 1.40. The molecule has 0 aliphatic rings. The Bertz CT molecular complexity index is 970. The van der Waals surface area contributed by atoms with Crippen molar-refractivity contribution in [2.45, 2.75) is 24.3 Å². The number of hydrogen-bond donors (Lipinski definition) is 3. The Morgan fingerprint density at radius 2 is 1.58 bits per heavy atom. The molecule has 0 heterocycles. The molecule has 8 nitrogen and oxygen atoms in total. The maximum absolute atomic E-state index is 13.0. The Morgan fingerprint density at radius 1 is 1.03 bits per heavy atom. The topological polar surface area (TPSA) is 130 Å². The van der Waals surface area contributed by atoms with Crippen molar-refractivity contribution in [3.05, 3.63) is 53.8 Å². The van der Waals surface area contributed by atoms with Crippen LogP contribution in [0.15, 0.2) is 42.5 Å². The Hall–Kier alpha value is 2.94. The van der Waals surface area contributed by atoms with Gasteiger partial charge in [0.05, 0.1) is 7.11 Å². The zero-order chi connectivity index (χ0) is 20.9. The van der Waals surface area contributed by atoms with Crippen LogP contribution in [-0.4, -0.2) is 189 Å². The number of aryl methyl sites for hydroxylation is 1. The molecule has 31 heavy (non-hydrogen) atoms. The molecule has 0 spiro atoms. The zero-order valence-corrected chi connectivity index (χ0v) is 16.6. The second-order valence-electron chi connectivity index (χ2n) is 5.98. The van der Waals surface area contributed by atoms with Gasteiger partial charge in [0.2, 0.25) is 0 Å².